The van der Waals surface area contributed by atoms with Crippen molar-refractivity contribution < 1.29 is 18.7 Å². The van der Waals surface area contributed by atoms with E-state index in [-0.39, 0.29) is 29.4 Å². The van der Waals surface area contributed by atoms with E-state index in [1.54, 1.807) is 24.3 Å². The Morgan fingerprint density at radius 2 is 1.86 bits per heavy atom. The van der Waals surface area contributed by atoms with E-state index in [1.807, 2.05) is 13.8 Å². The van der Waals surface area contributed by atoms with Crippen LogP contribution in [-0.2, 0) is 4.79 Å². The lowest BCUT2D eigenvalue weighted by Gasteiger charge is -2.31. The average Bonchev–Trinajstić information content (AvgIpc) is 3.18. The molecule has 2 N–H and O–H groups in total. The minimum atomic E-state index is -0.559. The van der Waals surface area contributed by atoms with Crippen molar-refractivity contribution in [1.29, 1.82) is 0 Å². The van der Waals surface area contributed by atoms with Crippen molar-refractivity contribution in [3.8, 4) is 5.88 Å². The van der Waals surface area contributed by atoms with E-state index >= 15 is 0 Å². The number of aromatic nitrogens is 2. The molecule has 4 rings (SSSR count). The number of pyridine rings is 2. The van der Waals surface area contributed by atoms with Gasteiger partial charge < -0.3 is 24.7 Å². The molecule has 0 radical (unpaired) electrons. The molecule has 10 heteroatoms. The Balaban J connectivity index is 1.63. The second kappa shape index (κ2) is 10.6. The van der Waals surface area contributed by atoms with Crippen molar-refractivity contribution in [2.24, 2.45) is 5.92 Å². The highest BCUT2D eigenvalue weighted by Crippen LogP contribution is 2.34. The molecule has 35 heavy (non-hydrogen) atoms. The number of halogens is 1. The van der Waals surface area contributed by atoms with Crippen LogP contribution in [0.4, 0.5) is 11.5 Å². The number of hydrogen-bond donors (Lipinski definition) is 2. The summed E-state index contributed by atoms with van der Waals surface area (Å²) in [5.41, 5.74) is 0.940. The summed E-state index contributed by atoms with van der Waals surface area (Å²) in [5, 5.41) is 6.07. The Morgan fingerprint density at radius 1 is 1.11 bits per heavy atom. The number of nitrogens with one attached hydrogen (secondary N) is 2. The van der Waals surface area contributed by atoms with E-state index < -0.39 is 5.91 Å². The highest BCUT2D eigenvalue weighted by Gasteiger charge is 2.30. The minimum absolute atomic E-state index is 0.0544. The largest absolute Gasteiger partial charge is 0.475 e. The Bertz CT molecular complexity index is 1200. The van der Waals surface area contributed by atoms with Gasteiger partial charge in [-0.15, -0.1) is 0 Å². The summed E-state index contributed by atoms with van der Waals surface area (Å²) < 4.78 is 11.6. The monoisotopic (exact) mass is 499 g/mol. The summed E-state index contributed by atoms with van der Waals surface area (Å²) >= 11 is 5.89. The molecule has 1 aliphatic rings. The van der Waals surface area contributed by atoms with Crippen molar-refractivity contribution in [2.45, 2.75) is 51.7 Å². The van der Waals surface area contributed by atoms with Crippen LogP contribution in [0.2, 0.25) is 5.02 Å². The molecule has 0 atom stereocenters. The zero-order valence-corrected chi connectivity index (χ0v) is 21.1. The van der Waals surface area contributed by atoms with Crippen molar-refractivity contribution in [2.75, 3.05) is 24.7 Å². The number of anilines is 2. The van der Waals surface area contributed by atoms with E-state index in [2.05, 4.69) is 39.6 Å². The lowest BCUT2D eigenvalue weighted by molar-refractivity contribution is -0.121. The maximum Gasteiger partial charge on any atom is 0.294 e. The molecule has 3 heterocycles. The second-order valence-corrected chi connectivity index (χ2v) is 9.68. The summed E-state index contributed by atoms with van der Waals surface area (Å²) in [6.07, 6.45) is 4.77. The van der Waals surface area contributed by atoms with Gasteiger partial charge in [-0.2, -0.15) is 0 Å². The predicted octanol–water partition coefficient (Wildman–Crippen LogP) is 4.97. The molecular weight excluding hydrogens is 470 g/mol. The lowest BCUT2D eigenvalue weighted by Crippen LogP contribution is -2.35. The van der Waals surface area contributed by atoms with Crippen LogP contribution in [-0.4, -0.2) is 52.9 Å². The fraction of sp³-hybridized carbons (Fsp3) is 0.440. The second-order valence-electron chi connectivity index (χ2n) is 9.24. The van der Waals surface area contributed by atoms with E-state index in [1.165, 1.54) is 6.20 Å². The first kappa shape index (κ1) is 24.9. The first-order chi connectivity index (χ1) is 16.7. The van der Waals surface area contributed by atoms with Gasteiger partial charge in [-0.3, -0.25) is 9.59 Å². The maximum absolute atomic E-state index is 13.2. The van der Waals surface area contributed by atoms with Crippen LogP contribution < -0.4 is 15.4 Å². The SMILES string of the molecule is CC(C)Oc1ccc2oc(C(=O)Nc3ccc(Cl)cn3)c(NC(=O)[C@H]3CC[C@H](N(C)C)CC3)c2n1. The Hall–Kier alpha value is -3.17. The Kier molecular flexibility index (Phi) is 7.57. The summed E-state index contributed by atoms with van der Waals surface area (Å²) in [6.45, 7) is 3.79. The highest BCUT2D eigenvalue weighted by molar-refractivity contribution is 6.30. The van der Waals surface area contributed by atoms with E-state index in [4.69, 9.17) is 20.8 Å². The van der Waals surface area contributed by atoms with E-state index in [0.717, 1.165) is 25.7 Å². The minimum Gasteiger partial charge on any atom is -0.475 e. The molecule has 0 unspecified atom stereocenters. The maximum atomic E-state index is 13.2. The van der Waals surface area contributed by atoms with Crippen molar-refractivity contribution in [3.05, 3.63) is 41.2 Å². The Labute approximate surface area is 209 Å². The predicted molar refractivity (Wildman–Crippen MR) is 135 cm³/mol. The van der Waals surface area contributed by atoms with Gasteiger partial charge >= 0.3 is 0 Å². The van der Waals surface area contributed by atoms with Gasteiger partial charge in [-0.1, -0.05) is 11.6 Å². The average molecular weight is 500 g/mol. The molecule has 0 aromatic carbocycles. The standard InChI is InChI=1S/C25H30ClN5O4/c1-14(2)34-20-12-10-18-21(29-20)22(30-24(32)15-5-8-17(9-6-15)31(3)4)23(35-18)25(33)28-19-11-7-16(26)13-27-19/h7,10-15,17H,5-6,8-9H2,1-4H3,(H,30,32)(H,27,28,33)/t15-,17-. The van der Waals surface area contributed by atoms with E-state index in [0.29, 0.717) is 33.9 Å². The van der Waals surface area contributed by atoms with Gasteiger partial charge in [0.05, 0.1) is 11.1 Å². The zero-order valence-electron chi connectivity index (χ0n) is 20.3. The van der Waals surface area contributed by atoms with Gasteiger partial charge in [-0.25, -0.2) is 9.97 Å². The molecule has 0 saturated heterocycles. The van der Waals surface area contributed by atoms with Crippen molar-refractivity contribution in [1.82, 2.24) is 14.9 Å². The smallest absolute Gasteiger partial charge is 0.294 e. The van der Waals surface area contributed by atoms with Gasteiger partial charge in [0.1, 0.15) is 17.0 Å². The summed E-state index contributed by atoms with van der Waals surface area (Å²) in [4.78, 5) is 37.2. The van der Waals surface area contributed by atoms with Crippen molar-refractivity contribution >= 4 is 46.0 Å². The molecule has 3 aromatic rings. The molecule has 1 fully saturated rings. The number of nitrogens with zero attached hydrogens (tertiary/aromatic N) is 3. The molecule has 3 aromatic heterocycles. The summed E-state index contributed by atoms with van der Waals surface area (Å²) in [6, 6.07) is 7.01. The van der Waals surface area contributed by atoms with Crippen LogP contribution in [0.3, 0.4) is 0 Å². The number of furan rings is 1. The number of fused-ring (bicyclic) bond motifs is 1. The van der Waals surface area contributed by atoms with Crippen LogP contribution in [0.1, 0.15) is 50.1 Å². The fourth-order valence-corrected chi connectivity index (χ4v) is 4.36. The Morgan fingerprint density at radius 3 is 2.49 bits per heavy atom. The van der Waals surface area contributed by atoms with Crippen LogP contribution >= 0.6 is 11.6 Å². The van der Waals surface area contributed by atoms with Crippen LogP contribution in [0.15, 0.2) is 34.9 Å². The molecule has 1 aliphatic carbocycles. The first-order valence-electron chi connectivity index (χ1n) is 11.7. The number of hydrogen-bond acceptors (Lipinski definition) is 7. The van der Waals surface area contributed by atoms with Gasteiger partial charge in [0, 0.05) is 24.2 Å². The lowest BCUT2D eigenvalue weighted by atomic mass is 9.85. The van der Waals surface area contributed by atoms with E-state index in [9.17, 15) is 9.59 Å². The quantitative estimate of drug-likeness (QED) is 0.472. The summed E-state index contributed by atoms with van der Waals surface area (Å²) in [5.74, 6) is -0.241. The molecule has 0 spiro atoms. The third kappa shape index (κ3) is 5.91. The number of ether oxygens (including phenoxy) is 1. The van der Waals surface area contributed by atoms with Gasteiger partial charge in [0.15, 0.2) is 5.58 Å². The summed E-state index contributed by atoms with van der Waals surface area (Å²) in [7, 11) is 4.12. The molecule has 9 nitrogen and oxygen atoms in total. The molecule has 0 aliphatic heterocycles. The third-order valence-corrected chi connectivity index (χ3v) is 6.31. The molecule has 2 amide bonds. The molecular formula is C25H30ClN5O4. The van der Waals surface area contributed by atoms with Gasteiger partial charge in [0.2, 0.25) is 17.5 Å². The molecule has 0 bridgehead atoms. The van der Waals surface area contributed by atoms with Crippen LogP contribution in [0.5, 0.6) is 5.88 Å². The zero-order chi connectivity index (χ0) is 25.1. The number of rotatable bonds is 7. The van der Waals surface area contributed by atoms with Gasteiger partial charge in [-0.05, 0) is 71.8 Å². The number of carbonyl (C=O) groups excluding carboxylic acids is 2. The topological polar surface area (TPSA) is 110 Å². The normalized spacial score (nSPS) is 18.1. The molecule has 186 valence electrons. The van der Waals surface area contributed by atoms with Crippen molar-refractivity contribution in [3.63, 3.8) is 0 Å². The van der Waals surface area contributed by atoms with Crippen LogP contribution in [0, 0.1) is 5.92 Å². The highest BCUT2D eigenvalue weighted by atomic mass is 35.5. The number of carbonyl (C=O) groups is 2. The third-order valence-electron chi connectivity index (χ3n) is 6.09. The first-order valence-corrected chi connectivity index (χ1v) is 12.1. The van der Waals surface area contributed by atoms with Gasteiger partial charge in [0.25, 0.3) is 5.91 Å². The number of amides is 2. The molecule has 1 saturated carbocycles. The van der Waals surface area contributed by atoms with Crippen LogP contribution in [0.25, 0.3) is 11.1 Å². The fourth-order valence-electron chi connectivity index (χ4n) is 4.24.